The number of rotatable bonds is 8. The highest BCUT2D eigenvalue weighted by Crippen LogP contribution is 2.42. The number of anilines is 3. The van der Waals surface area contributed by atoms with Crippen LogP contribution in [-0.2, 0) is 6.42 Å². The van der Waals surface area contributed by atoms with Crippen molar-refractivity contribution in [2.24, 2.45) is 0 Å². The molecule has 0 atom stereocenters. The maximum Gasteiger partial charge on any atom is 0.324 e. The molecule has 0 unspecified atom stereocenters. The maximum absolute atomic E-state index is 12.2. The second kappa shape index (κ2) is 11.4. The van der Waals surface area contributed by atoms with E-state index in [0.717, 1.165) is 39.8 Å². The largest absolute Gasteiger partial charge is 0.437 e. The van der Waals surface area contributed by atoms with E-state index in [0.29, 0.717) is 29.6 Å². The van der Waals surface area contributed by atoms with Crippen LogP contribution >= 0.6 is 0 Å². The lowest BCUT2D eigenvalue weighted by atomic mass is 9.99. The van der Waals surface area contributed by atoms with Crippen molar-refractivity contribution < 1.29 is 9.21 Å². The number of nitrogens with zero attached hydrogens (tertiary/aromatic N) is 4. The summed E-state index contributed by atoms with van der Waals surface area (Å²) in [4.78, 5) is 29.2. The molecule has 0 bridgehead atoms. The zero-order chi connectivity index (χ0) is 27.1. The molecule has 0 spiro atoms. The monoisotopic (exact) mass is 527 g/mol. The number of fused-ring (bicyclic) bond motifs is 1. The molecule has 0 aliphatic heterocycles. The average Bonchev–Trinajstić information content (AvgIpc) is 3.40. The highest BCUT2D eigenvalue weighted by atomic mass is 16.3. The van der Waals surface area contributed by atoms with Crippen molar-refractivity contribution in [2.45, 2.75) is 6.42 Å². The minimum atomic E-state index is -0.383. The van der Waals surface area contributed by atoms with Gasteiger partial charge in [0.1, 0.15) is 17.9 Å². The van der Waals surface area contributed by atoms with E-state index in [9.17, 15) is 4.79 Å². The lowest BCUT2D eigenvalue weighted by Gasteiger charge is -2.10. The summed E-state index contributed by atoms with van der Waals surface area (Å²) in [6.45, 7) is 0.645. The second-order valence-corrected chi connectivity index (χ2v) is 8.98. The molecule has 9 nitrogen and oxygen atoms in total. The molecule has 3 aromatic heterocycles. The van der Waals surface area contributed by atoms with E-state index in [1.165, 1.54) is 18.7 Å². The van der Waals surface area contributed by atoms with Gasteiger partial charge in [-0.15, -0.1) is 0 Å². The topological polar surface area (TPSA) is 118 Å². The van der Waals surface area contributed by atoms with E-state index in [4.69, 9.17) is 4.42 Å². The first-order chi connectivity index (χ1) is 19.7. The first kappa shape index (κ1) is 24.7. The summed E-state index contributed by atoms with van der Waals surface area (Å²) < 4.78 is 6.29. The van der Waals surface area contributed by atoms with E-state index in [1.807, 2.05) is 72.8 Å². The molecule has 0 aliphatic carbocycles. The Hall–Kier alpha value is -5.57. The number of amides is 2. The fourth-order valence-corrected chi connectivity index (χ4v) is 4.46. The van der Waals surface area contributed by atoms with Gasteiger partial charge in [0.25, 0.3) is 0 Å². The van der Waals surface area contributed by atoms with Crippen LogP contribution in [0.15, 0.2) is 114 Å². The number of benzene rings is 3. The summed E-state index contributed by atoms with van der Waals surface area (Å²) in [5.74, 6) is 1.86. The lowest BCUT2D eigenvalue weighted by Crippen LogP contribution is -2.20. The summed E-state index contributed by atoms with van der Waals surface area (Å²) in [6.07, 6.45) is 6.81. The fourth-order valence-electron chi connectivity index (χ4n) is 4.46. The fraction of sp³-hybridized carbons (Fsp3) is 0.0645. The van der Waals surface area contributed by atoms with E-state index >= 15 is 0 Å². The standard InChI is InChI=1S/C31H25N7O2/c39-31(38-25-19-32-17-18-33-25)37-24-13-11-21(12-14-24)15-16-34-29-27-26(22-7-3-1-4-8-22)28(23-9-5-2-6-10-23)40-30(27)36-20-35-29/h1-14,17-20H,15-16H2,(H,34,35,36)(H2,33,37,38,39). The number of furan rings is 1. The van der Waals surface area contributed by atoms with Crippen molar-refractivity contribution in [3.63, 3.8) is 0 Å². The van der Waals surface area contributed by atoms with E-state index < -0.39 is 0 Å². The van der Waals surface area contributed by atoms with Crippen LogP contribution in [0.3, 0.4) is 0 Å². The molecule has 196 valence electrons. The molecule has 3 heterocycles. The molecule has 3 N–H and O–H groups in total. The molecule has 0 saturated heterocycles. The Labute approximate surface area is 230 Å². The van der Waals surface area contributed by atoms with Gasteiger partial charge in [-0.05, 0) is 29.7 Å². The highest BCUT2D eigenvalue weighted by molar-refractivity contribution is 6.05. The van der Waals surface area contributed by atoms with Gasteiger partial charge in [0.05, 0.1) is 11.6 Å². The van der Waals surface area contributed by atoms with Gasteiger partial charge in [-0.2, -0.15) is 0 Å². The molecule has 2 amide bonds. The Balaban J connectivity index is 1.18. The molecule has 0 aliphatic rings. The Morgan fingerprint density at radius 3 is 2.25 bits per heavy atom. The minimum absolute atomic E-state index is 0.380. The molecule has 0 radical (unpaired) electrons. The van der Waals surface area contributed by atoms with Gasteiger partial charge in [0, 0.05) is 35.8 Å². The van der Waals surface area contributed by atoms with Gasteiger partial charge in [0.2, 0.25) is 5.71 Å². The highest BCUT2D eigenvalue weighted by Gasteiger charge is 2.21. The van der Waals surface area contributed by atoms with Gasteiger partial charge in [-0.25, -0.2) is 19.7 Å². The van der Waals surface area contributed by atoms with Crippen molar-refractivity contribution in [1.29, 1.82) is 0 Å². The average molecular weight is 528 g/mol. The number of carbonyl (C=O) groups is 1. The normalized spacial score (nSPS) is 10.8. The zero-order valence-electron chi connectivity index (χ0n) is 21.4. The first-order valence-corrected chi connectivity index (χ1v) is 12.8. The van der Waals surface area contributed by atoms with Crippen LogP contribution in [0.5, 0.6) is 0 Å². The Morgan fingerprint density at radius 1 is 0.775 bits per heavy atom. The molecule has 0 fully saturated rings. The molecule has 0 saturated carbocycles. The van der Waals surface area contributed by atoms with Gasteiger partial charge in [-0.1, -0.05) is 72.8 Å². The predicted molar refractivity (Wildman–Crippen MR) is 156 cm³/mol. The first-order valence-electron chi connectivity index (χ1n) is 12.8. The van der Waals surface area contributed by atoms with Crippen molar-refractivity contribution in [3.8, 4) is 22.5 Å². The van der Waals surface area contributed by atoms with Crippen LogP contribution in [0.1, 0.15) is 5.56 Å². The third-order valence-electron chi connectivity index (χ3n) is 6.31. The van der Waals surface area contributed by atoms with Gasteiger partial charge >= 0.3 is 6.03 Å². The van der Waals surface area contributed by atoms with E-state index in [1.54, 1.807) is 6.20 Å². The number of nitrogens with one attached hydrogen (secondary N) is 3. The van der Waals surface area contributed by atoms with E-state index in [2.05, 4.69) is 48.0 Å². The summed E-state index contributed by atoms with van der Waals surface area (Å²) in [6, 6.07) is 27.5. The molecule has 9 heteroatoms. The van der Waals surface area contributed by atoms with Crippen molar-refractivity contribution >= 4 is 34.5 Å². The summed E-state index contributed by atoms with van der Waals surface area (Å²) in [5, 5.41) is 9.77. The number of urea groups is 1. The van der Waals surface area contributed by atoms with E-state index in [-0.39, 0.29) is 6.03 Å². The molecular formula is C31H25N7O2. The van der Waals surface area contributed by atoms with Crippen molar-refractivity contribution in [1.82, 2.24) is 19.9 Å². The number of carbonyl (C=O) groups excluding carboxylic acids is 1. The SMILES string of the molecule is O=C(Nc1ccc(CCNc2ncnc3oc(-c4ccccc4)c(-c4ccccc4)c23)cc1)Nc1cnccn1. The predicted octanol–water partition coefficient (Wildman–Crippen LogP) is 6.65. The number of aromatic nitrogens is 4. The van der Waals surface area contributed by atoms with Crippen LogP contribution in [0.25, 0.3) is 33.6 Å². The minimum Gasteiger partial charge on any atom is -0.437 e. The van der Waals surface area contributed by atoms with Gasteiger partial charge in [0.15, 0.2) is 5.82 Å². The zero-order valence-corrected chi connectivity index (χ0v) is 21.4. The number of hydrogen-bond donors (Lipinski definition) is 3. The number of hydrogen-bond acceptors (Lipinski definition) is 7. The molecule has 40 heavy (non-hydrogen) atoms. The van der Waals surface area contributed by atoms with Gasteiger partial charge in [-0.3, -0.25) is 10.3 Å². The maximum atomic E-state index is 12.2. The molecule has 6 rings (SSSR count). The molecule has 6 aromatic rings. The van der Waals surface area contributed by atoms with Crippen LogP contribution in [0, 0.1) is 0 Å². The summed E-state index contributed by atoms with van der Waals surface area (Å²) in [5.41, 5.74) is 5.28. The smallest absolute Gasteiger partial charge is 0.324 e. The molecular weight excluding hydrogens is 502 g/mol. The van der Waals surface area contributed by atoms with Crippen LogP contribution in [0.2, 0.25) is 0 Å². The Morgan fingerprint density at radius 2 is 1.52 bits per heavy atom. The third-order valence-corrected chi connectivity index (χ3v) is 6.31. The van der Waals surface area contributed by atoms with Gasteiger partial charge < -0.3 is 15.1 Å². The van der Waals surface area contributed by atoms with Crippen LogP contribution in [-0.4, -0.2) is 32.5 Å². The molecule has 3 aromatic carbocycles. The van der Waals surface area contributed by atoms with Crippen LogP contribution < -0.4 is 16.0 Å². The Bertz CT molecular complexity index is 1720. The quantitative estimate of drug-likeness (QED) is 0.203. The second-order valence-electron chi connectivity index (χ2n) is 8.98. The lowest BCUT2D eigenvalue weighted by molar-refractivity contribution is 0.262. The van der Waals surface area contributed by atoms with Crippen molar-refractivity contribution in [3.05, 3.63) is 115 Å². The van der Waals surface area contributed by atoms with Crippen LogP contribution in [0.4, 0.5) is 22.1 Å². The summed E-state index contributed by atoms with van der Waals surface area (Å²) >= 11 is 0. The van der Waals surface area contributed by atoms with Crippen molar-refractivity contribution in [2.75, 3.05) is 22.5 Å². The Kier molecular flexibility index (Phi) is 7.08. The summed E-state index contributed by atoms with van der Waals surface area (Å²) in [7, 11) is 0. The third kappa shape index (κ3) is 5.48.